The minimum atomic E-state index is -1.71. The summed E-state index contributed by atoms with van der Waals surface area (Å²) in [6.07, 6.45) is 1.21. The van der Waals surface area contributed by atoms with Crippen LogP contribution in [0.25, 0.3) is 0 Å². The maximum absolute atomic E-state index is 11.5. The fourth-order valence-corrected chi connectivity index (χ4v) is 2.72. The summed E-state index contributed by atoms with van der Waals surface area (Å²) in [7, 11) is -0.444. The molecular weight excluding hydrogens is 314 g/mol. The molecule has 6 nitrogen and oxygen atoms in total. The van der Waals surface area contributed by atoms with Crippen LogP contribution in [-0.4, -0.2) is 32.5 Å². The van der Waals surface area contributed by atoms with E-state index >= 15 is 0 Å². The van der Waals surface area contributed by atoms with Crippen LogP contribution >= 0.6 is 0 Å². The largest absolute Gasteiger partial charge is 0.544 e. The fourth-order valence-electron chi connectivity index (χ4n) is 1.87. The number of carbonyl (C=O) groups excluding carboxylic acids is 1. The van der Waals surface area contributed by atoms with E-state index < -0.39 is 26.3 Å². The Morgan fingerprint density at radius 2 is 1.78 bits per heavy atom. The van der Waals surface area contributed by atoms with E-state index in [0.29, 0.717) is 11.3 Å². The number of carboxylic acid groups (broad SMARTS) is 1. The lowest BCUT2D eigenvalue weighted by Gasteiger charge is -2.20. The van der Waals surface area contributed by atoms with E-state index in [9.17, 15) is 14.7 Å². The van der Waals surface area contributed by atoms with E-state index in [0.717, 1.165) is 5.75 Å². The van der Waals surface area contributed by atoms with Crippen molar-refractivity contribution >= 4 is 20.3 Å². The highest BCUT2D eigenvalue weighted by molar-refractivity contribution is 6.70. The van der Waals surface area contributed by atoms with E-state index in [1.165, 1.54) is 13.2 Å². The van der Waals surface area contributed by atoms with Gasteiger partial charge in [0.1, 0.15) is 11.8 Å². The molecule has 0 radical (unpaired) electrons. The molecule has 0 aliphatic rings. The molecule has 1 aromatic carbocycles. The van der Waals surface area contributed by atoms with Crippen LogP contribution in [0.1, 0.15) is 18.5 Å². The van der Waals surface area contributed by atoms with Crippen molar-refractivity contribution in [3.05, 3.63) is 41.6 Å². The van der Waals surface area contributed by atoms with E-state index in [1.54, 1.807) is 31.2 Å². The molecule has 0 aliphatic heterocycles. The summed E-state index contributed by atoms with van der Waals surface area (Å²) >= 11 is 0. The Labute approximate surface area is 137 Å². The van der Waals surface area contributed by atoms with Crippen molar-refractivity contribution in [3.63, 3.8) is 0 Å². The average molecular weight is 337 g/mol. The van der Waals surface area contributed by atoms with Crippen LogP contribution in [0.3, 0.4) is 0 Å². The van der Waals surface area contributed by atoms with Crippen molar-refractivity contribution in [3.8, 4) is 5.75 Å². The summed E-state index contributed by atoms with van der Waals surface area (Å²) < 4.78 is 10.4. The van der Waals surface area contributed by atoms with Crippen molar-refractivity contribution in [2.75, 3.05) is 7.11 Å². The number of carbonyl (C=O) groups is 2. The number of ether oxygens (including phenoxy) is 1. The van der Waals surface area contributed by atoms with E-state index in [-0.39, 0.29) is 0 Å². The quantitative estimate of drug-likeness (QED) is 0.452. The second kappa shape index (κ2) is 7.82. The summed E-state index contributed by atoms with van der Waals surface area (Å²) in [4.78, 5) is 22.7. The minimum Gasteiger partial charge on any atom is -0.544 e. The number of benzene rings is 1. The molecule has 0 aromatic heterocycles. The molecule has 1 aromatic rings. The predicted molar refractivity (Wildman–Crippen MR) is 89.7 cm³/mol. The van der Waals surface area contributed by atoms with Crippen molar-refractivity contribution in [1.82, 2.24) is 5.32 Å². The van der Waals surface area contributed by atoms with Crippen LogP contribution in [0.5, 0.6) is 5.75 Å². The molecule has 0 saturated carbocycles. The molecule has 0 spiro atoms. The van der Waals surface area contributed by atoms with Gasteiger partial charge in [0.15, 0.2) is 0 Å². The standard InChI is InChI=1S/C16H23NO5Si/c1-11(10-14(18)21-2)17-15(16(19)20)12-6-8-13(9-7-12)22-23(3,4)5/h6-10,15,17H,1-5H3,(H,19,20)/b11-10+/t15-/m1/s1. The number of hydrogen-bond acceptors (Lipinski definition) is 5. The number of carboxylic acids is 1. The number of nitrogens with one attached hydrogen (secondary N) is 1. The molecule has 0 amide bonds. The number of rotatable bonds is 7. The second-order valence-electron chi connectivity index (χ2n) is 6.05. The summed E-state index contributed by atoms with van der Waals surface area (Å²) in [5.74, 6) is -0.863. The monoisotopic (exact) mass is 337 g/mol. The van der Waals surface area contributed by atoms with Gasteiger partial charge >= 0.3 is 11.9 Å². The third-order valence-electron chi connectivity index (χ3n) is 2.79. The summed E-state index contributed by atoms with van der Waals surface area (Å²) in [5.41, 5.74) is 0.977. The lowest BCUT2D eigenvalue weighted by molar-refractivity contribution is -0.139. The van der Waals surface area contributed by atoms with Crippen molar-refractivity contribution in [2.45, 2.75) is 32.6 Å². The van der Waals surface area contributed by atoms with Gasteiger partial charge in [-0.05, 0) is 44.3 Å². The smallest absolute Gasteiger partial charge is 0.332 e. The molecule has 0 aliphatic carbocycles. The first-order chi connectivity index (χ1) is 10.6. The van der Waals surface area contributed by atoms with Crippen LogP contribution in [0.4, 0.5) is 0 Å². The molecule has 126 valence electrons. The fraction of sp³-hybridized carbons (Fsp3) is 0.375. The van der Waals surface area contributed by atoms with Crippen LogP contribution in [0.15, 0.2) is 36.0 Å². The van der Waals surface area contributed by atoms with Gasteiger partial charge in [-0.25, -0.2) is 9.59 Å². The van der Waals surface area contributed by atoms with Gasteiger partial charge in [-0.3, -0.25) is 0 Å². The highest BCUT2D eigenvalue weighted by Gasteiger charge is 2.21. The molecule has 0 fully saturated rings. The zero-order valence-electron chi connectivity index (χ0n) is 14.0. The van der Waals surface area contributed by atoms with Gasteiger partial charge in [-0.1, -0.05) is 12.1 Å². The average Bonchev–Trinajstić information content (AvgIpc) is 2.43. The Morgan fingerprint density at radius 3 is 2.22 bits per heavy atom. The Hall–Kier alpha value is -2.28. The third kappa shape index (κ3) is 6.56. The predicted octanol–water partition coefficient (Wildman–Crippen LogP) is 2.69. The van der Waals surface area contributed by atoms with Gasteiger partial charge in [0, 0.05) is 11.8 Å². The first-order valence-electron chi connectivity index (χ1n) is 7.17. The molecule has 1 rings (SSSR count). The minimum absolute atomic E-state index is 0.409. The Kier molecular flexibility index (Phi) is 6.38. The number of aliphatic carboxylic acids is 1. The Morgan fingerprint density at radius 1 is 1.22 bits per heavy atom. The van der Waals surface area contributed by atoms with Gasteiger partial charge in [0.2, 0.25) is 8.32 Å². The van der Waals surface area contributed by atoms with Gasteiger partial charge in [-0.2, -0.15) is 0 Å². The zero-order valence-corrected chi connectivity index (χ0v) is 15.0. The third-order valence-corrected chi connectivity index (χ3v) is 3.64. The van der Waals surface area contributed by atoms with E-state index in [2.05, 4.69) is 29.7 Å². The van der Waals surface area contributed by atoms with Gasteiger partial charge in [-0.15, -0.1) is 0 Å². The normalized spacial score (nSPS) is 13.2. The molecule has 0 unspecified atom stereocenters. The maximum Gasteiger partial charge on any atom is 0.332 e. The molecule has 2 N–H and O–H groups in total. The molecule has 0 bridgehead atoms. The Bertz CT molecular complexity index is 589. The lowest BCUT2D eigenvalue weighted by Crippen LogP contribution is -2.29. The van der Waals surface area contributed by atoms with Gasteiger partial charge < -0.3 is 19.6 Å². The maximum atomic E-state index is 11.5. The van der Waals surface area contributed by atoms with Crippen LogP contribution in [0.2, 0.25) is 19.6 Å². The Balaban J connectivity index is 2.92. The SMILES string of the molecule is COC(=O)/C=C(\C)N[C@@H](C(=O)O)c1ccc(O[Si](C)(C)C)cc1. The van der Waals surface area contributed by atoms with Crippen molar-refractivity contribution < 1.29 is 23.9 Å². The topological polar surface area (TPSA) is 84.9 Å². The first-order valence-corrected chi connectivity index (χ1v) is 10.6. The van der Waals surface area contributed by atoms with Gasteiger partial charge in [0.25, 0.3) is 0 Å². The first kappa shape index (κ1) is 18.8. The summed E-state index contributed by atoms with van der Waals surface area (Å²) in [6, 6.07) is 5.95. The molecule has 0 saturated heterocycles. The highest BCUT2D eigenvalue weighted by atomic mass is 28.4. The number of allylic oxidation sites excluding steroid dienone is 1. The van der Waals surface area contributed by atoms with Crippen molar-refractivity contribution in [1.29, 1.82) is 0 Å². The van der Waals surface area contributed by atoms with Crippen molar-refractivity contribution in [2.24, 2.45) is 0 Å². The summed E-state index contributed by atoms with van der Waals surface area (Å²) in [6.45, 7) is 7.83. The van der Waals surface area contributed by atoms with Crippen LogP contribution in [-0.2, 0) is 14.3 Å². The van der Waals surface area contributed by atoms with Crippen LogP contribution < -0.4 is 9.74 Å². The number of methoxy groups -OCH3 is 1. The highest BCUT2D eigenvalue weighted by Crippen LogP contribution is 2.21. The van der Waals surface area contributed by atoms with E-state index in [1.807, 2.05) is 0 Å². The summed E-state index contributed by atoms with van der Waals surface area (Å²) in [5, 5.41) is 12.2. The second-order valence-corrected chi connectivity index (χ2v) is 10.5. The van der Waals surface area contributed by atoms with E-state index in [4.69, 9.17) is 4.43 Å². The molecule has 23 heavy (non-hydrogen) atoms. The number of esters is 1. The zero-order chi connectivity index (χ0) is 17.6. The number of hydrogen-bond donors (Lipinski definition) is 2. The molecule has 0 heterocycles. The molecule has 1 atom stereocenters. The lowest BCUT2D eigenvalue weighted by atomic mass is 10.1. The van der Waals surface area contributed by atoms with Gasteiger partial charge in [0.05, 0.1) is 7.11 Å². The molecular formula is C16H23NO5Si. The van der Waals surface area contributed by atoms with Crippen LogP contribution in [0, 0.1) is 0 Å². The molecule has 7 heteroatoms.